The Hall–Kier alpha value is -1.29. The molecule has 0 amide bonds. The first-order valence-electron chi connectivity index (χ1n) is 6.27. The van der Waals surface area contributed by atoms with Crippen LogP contribution in [0.4, 0.5) is 0 Å². The zero-order valence-corrected chi connectivity index (χ0v) is 11.5. The minimum absolute atomic E-state index is 0.400. The molecule has 1 atom stereocenters. The summed E-state index contributed by atoms with van der Waals surface area (Å²) in [5.41, 5.74) is 3.52. The second-order valence-electron chi connectivity index (χ2n) is 4.78. The number of nitrogens with zero attached hydrogens (tertiary/aromatic N) is 2. The Bertz CT molecular complexity index is 559. The van der Waals surface area contributed by atoms with E-state index in [1.807, 2.05) is 11.8 Å². The van der Waals surface area contributed by atoms with Gasteiger partial charge in [0.15, 0.2) is 0 Å². The molecule has 4 heteroatoms. The Morgan fingerprint density at radius 2 is 2.22 bits per heavy atom. The quantitative estimate of drug-likeness (QED) is 0.820. The van der Waals surface area contributed by atoms with Crippen molar-refractivity contribution in [3.05, 3.63) is 35.2 Å². The Labute approximate surface area is 111 Å². The van der Waals surface area contributed by atoms with Gasteiger partial charge in [0.2, 0.25) is 11.7 Å². The van der Waals surface area contributed by atoms with Gasteiger partial charge in [-0.05, 0) is 38.0 Å². The summed E-state index contributed by atoms with van der Waals surface area (Å²) in [4.78, 5) is 4.55. The maximum atomic E-state index is 5.41. The molecule has 1 unspecified atom stereocenters. The molecule has 1 aliphatic rings. The van der Waals surface area contributed by atoms with Crippen LogP contribution in [0.25, 0.3) is 11.4 Å². The molecule has 0 aliphatic carbocycles. The highest BCUT2D eigenvalue weighted by atomic mass is 32.2. The Morgan fingerprint density at radius 3 is 2.94 bits per heavy atom. The van der Waals surface area contributed by atoms with Gasteiger partial charge in [0.25, 0.3) is 0 Å². The molecule has 0 N–H and O–H groups in total. The molecule has 2 aromatic rings. The first-order valence-corrected chi connectivity index (χ1v) is 7.32. The minimum atomic E-state index is 0.400. The summed E-state index contributed by atoms with van der Waals surface area (Å²) in [7, 11) is 0. The number of thioether (sulfide) groups is 1. The summed E-state index contributed by atoms with van der Waals surface area (Å²) in [5.74, 6) is 2.70. The molecule has 1 fully saturated rings. The monoisotopic (exact) mass is 260 g/mol. The fourth-order valence-electron chi connectivity index (χ4n) is 2.31. The smallest absolute Gasteiger partial charge is 0.240 e. The number of hydrogen-bond acceptors (Lipinski definition) is 4. The highest BCUT2D eigenvalue weighted by molar-refractivity contribution is 7.99. The van der Waals surface area contributed by atoms with Crippen LogP contribution in [0.15, 0.2) is 22.7 Å². The molecule has 18 heavy (non-hydrogen) atoms. The zero-order chi connectivity index (χ0) is 12.5. The number of rotatable bonds is 2. The maximum Gasteiger partial charge on any atom is 0.240 e. The van der Waals surface area contributed by atoms with Crippen LogP contribution in [-0.2, 0) is 0 Å². The van der Waals surface area contributed by atoms with Crippen LogP contribution in [-0.4, -0.2) is 15.9 Å². The molecule has 0 bridgehead atoms. The first-order chi connectivity index (χ1) is 8.74. The van der Waals surface area contributed by atoms with Crippen molar-refractivity contribution >= 4 is 11.8 Å². The van der Waals surface area contributed by atoms with Crippen LogP contribution in [0.5, 0.6) is 0 Å². The molecule has 94 valence electrons. The lowest BCUT2D eigenvalue weighted by Gasteiger charge is -2.02. The van der Waals surface area contributed by atoms with Crippen LogP contribution in [0.2, 0.25) is 0 Å². The molecule has 1 aromatic heterocycles. The topological polar surface area (TPSA) is 38.9 Å². The number of aryl methyl sites for hydroxylation is 2. The van der Waals surface area contributed by atoms with E-state index >= 15 is 0 Å². The van der Waals surface area contributed by atoms with Gasteiger partial charge < -0.3 is 4.52 Å². The second kappa shape index (κ2) is 4.76. The van der Waals surface area contributed by atoms with E-state index in [4.69, 9.17) is 4.52 Å². The van der Waals surface area contributed by atoms with E-state index in [9.17, 15) is 0 Å². The normalized spacial score (nSPS) is 19.3. The predicted octanol–water partition coefficient (Wildman–Crippen LogP) is 3.92. The van der Waals surface area contributed by atoms with Crippen molar-refractivity contribution in [2.45, 2.75) is 31.9 Å². The maximum absolute atomic E-state index is 5.41. The molecule has 0 spiro atoms. The third-order valence-electron chi connectivity index (χ3n) is 3.27. The SMILES string of the molecule is Cc1ccc(-c2noc(C3CCCS3)n2)c(C)c1. The Balaban J connectivity index is 1.92. The third-order valence-corrected chi connectivity index (χ3v) is 4.63. The van der Waals surface area contributed by atoms with E-state index in [1.54, 1.807) is 0 Å². The van der Waals surface area contributed by atoms with Crippen LogP contribution >= 0.6 is 11.8 Å². The fourth-order valence-corrected chi connectivity index (χ4v) is 3.50. The third kappa shape index (κ3) is 2.17. The van der Waals surface area contributed by atoms with E-state index in [0.29, 0.717) is 5.25 Å². The molecule has 0 saturated carbocycles. The molecule has 0 radical (unpaired) electrons. The number of benzene rings is 1. The summed E-state index contributed by atoms with van der Waals surface area (Å²) in [6.45, 7) is 4.18. The van der Waals surface area contributed by atoms with Crippen molar-refractivity contribution in [1.29, 1.82) is 0 Å². The lowest BCUT2D eigenvalue weighted by atomic mass is 10.1. The predicted molar refractivity (Wildman–Crippen MR) is 73.6 cm³/mol. The number of hydrogen-bond donors (Lipinski definition) is 0. The highest BCUT2D eigenvalue weighted by Gasteiger charge is 2.24. The Morgan fingerprint density at radius 1 is 1.33 bits per heavy atom. The summed E-state index contributed by atoms with van der Waals surface area (Å²) in [6.07, 6.45) is 2.40. The van der Waals surface area contributed by atoms with Crippen LogP contribution in [0.3, 0.4) is 0 Å². The van der Waals surface area contributed by atoms with E-state index in [0.717, 1.165) is 23.7 Å². The van der Waals surface area contributed by atoms with Gasteiger partial charge in [-0.1, -0.05) is 28.9 Å². The van der Waals surface area contributed by atoms with Crippen molar-refractivity contribution in [1.82, 2.24) is 10.1 Å². The largest absolute Gasteiger partial charge is 0.338 e. The molecule has 3 nitrogen and oxygen atoms in total. The number of aromatic nitrogens is 2. The summed E-state index contributed by atoms with van der Waals surface area (Å²) < 4.78 is 5.41. The molecule has 1 aliphatic heterocycles. The van der Waals surface area contributed by atoms with Gasteiger partial charge >= 0.3 is 0 Å². The van der Waals surface area contributed by atoms with Gasteiger partial charge in [-0.25, -0.2) is 0 Å². The van der Waals surface area contributed by atoms with Crippen molar-refractivity contribution < 1.29 is 4.52 Å². The lowest BCUT2D eigenvalue weighted by Crippen LogP contribution is -1.90. The van der Waals surface area contributed by atoms with Crippen LogP contribution in [0.1, 0.15) is 35.1 Å². The highest BCUT2D eigenvalue weighted by Crippen LogP contribution is 2.39. The first kappa shape index (κ1) is 11.8. The van der Waals surface area contributed by atoms with Crippen molar-refractivity contribution in [2.75, 3.05) is 5.75 Å². The van der Waals surface area contributed by atoms with E-state index in [1.165, 1.54) is 23.3 Å². The molecule has 1 aromatic carbocycles. The van der Waals surface area contributed by atoms with E-state index < -0.39 is 0 Å². The van der Waals surface area contributed by atoms with E-state index in [2.05, 4.69) is 42.2 Å². The summed E-state index contributed by atoms with van der Waals surface area (Å²) in [5, 5.41) is 4.52. The van der Waals surface area contributed by atoms with Gasteiger partial charge in [-0.15, -0.1) is 11.8 Å². The van der Waals surface area contributed by atoms with Gasteiger partial charge in [-0.2, -0.15) is 4.98 Å². The molecule has 2 heterocycles. The van der Waals surface area contributed by atoms with Crippen LogP contribution < -0.4 is 0 Å². The lowest BCUT2D eigenvalue weighted by molar-refractivity contribution is 0.375. The van der Waals surface area contributed by atoms with Gasteiger partial charge in [-0.3, -0.25) is 0 Å². The molecule has 1 saturated heterocycles. The average Bonchev–Trinajstić information content (AvgIpc) is 2.99. The molecular formula is C14H16N2OS. The van der Waals surface area contributed by atoms with Gasteiger partial charge in [0, 0.05) is 5.56 Å². The van der Waals surface area contributed by atoms with Gasteiger partial charge in [0.1, 0.15) is 0 Å². The average molecular weight is 260 g/mol. The van der Waals surface area contributed by atoms with Crippen LogP contribution in [0, 0.1) is 13.8 Å². The van der Waals surface area contributed by atoms with Crippen molar-refractivity contribution in [2.24, 2.45) is 0 Å². The molecule has 3 rings (SSSR count). The fraction of sp³-hybridized carbons (Fsp3) is 0.429. The van der Waals surface area contributed by atoms with Crippen molar-refractivity contribution in [3.63, 3.8) is 0 Å². The second-order valence-corrected chi connectivity index (χ2v) is 6.09. The standard InChI is InChI=1S/C14H16N2OS/c1-9-5-6-11(10(2)8-9)13-15-14(17-16-13)12-4-3-7-18-12/h5-6,8,12H,3-4,7H2,1-2H3. The minimum Gasteiger partial charge on any atom is -0.338 e. The Kier molecular flexibility index (Phi) is 3.12. The zero-order valence-electron chi connectivity index (χ0n) is 10.6. The van der Waals surface area contributed by atoms with E-state index in [-0.39, 0.29) is 0 Å². The van der Waals surface area contributed by atoms with Crippen molar-refractivity contribution in [3.8, 4) is 11.4 Å². The summed E-state index contributed by atoms with van der Waals surface area (Å²) in [6, 6.07) is 6.31. The van der Waals surface area contributed by atoms with Gasteiger partial charge in [0.05, 0.1) is 5.25 Å². The summed E-state index contributed by atoms with van der Waals surface area (Å²) >= 11 is 1.91. The molecular weight excluding hydrogens is 244 g/mol.